The van der Waals surface area contributed by atoms with Gasteiger partial charge in [0, 0.05) is 5.54 Å². The van der Waals surface area contributed by atoms with Crippen LogP contribution in [0, 0.1) is 6.92 Å². The van der Waals surface area contributed by atoms with Crippen molar-refractivity contribution in [1.29, 1.82) is 0 Å². The number of aryl methyl sites for hydroxylation is 1. The number of aromatic hydroxyl groups is 2. The molecule has 0 heterocycles. The van der Waals surface area contributed by atoms with E-state index >= 15 is 0 Å². The van der Waals surface area contributed by atoms with Gasteiger partial charge >= 0.3 is 0 Å². The highest BCUT2D eigenvalue weighted by atomic mass is 16.3. The Morgan fingerprint density at radius 1 is 1.29 bits per heavy atom. The van der Waals surface area contributed by atoms with Crippen LogP contribution < -0.4 is 5.73 Å². The smallest absolute Gasteiger partial charge is 0.160 e. The van der Waals surface area contributed by atoms with Gasteiger partial charge in [-0.2, -0.15) is 0 Å². The maximum absolute atomic E-state index is 9.39. The van der Waals surface area contributed by atoms with E-state index in [9.17, 15) is 10.2 Å². The largest absolute Gasteiger partial charge is 0.504 e. The van der Waals surface area contributed by atoms with Crippen molar-refractivity contribution in [2.45, 2.75) is 32.7 Å². The number of rotatable bonds is 2. The lowest BCUT2D eigenvalue weighted by molar-refractivity contribution is 0.399. The van der Waals surface area contributed by atoms with Crippen LogP contribution in [0.1, 0.15) is 25.0 Å². The first-order valence-corrected chi connectivity index (χ1v) is 4.60. The number of hydrogen-bond donors (Lipinski definition) is 3. The second-order valence-corrected chi connectivity index (χ2v) is 4.45. The molecule has 0 saturated heterocycles. The summed E-state index contributed by atoms with van der Waals surface area (Å²) in [6.07, 6.45) is 0.668. The lowest BCUT2D eigenvalue weighted by Gasteiger charge is -2.19. The van der Waals surface area contributed by atoms with Gasteiger partial charge in [0.25, 0.3) is 0 Å². The molecule has 0 aromatic heterocycles. The average Bonchev–Trinajstić information content (AvgIpc) is 1.96. The third-order valence-corrected chi connectivity index (χ3v) is 2.00. The van der Waals surface area contributed by atoms with Gasteiger partial charge < -0.3 is 15.9 Å². The van der Waals surface area contributed by atoms with Crippen LogP contribution in [-0.2, 0) is 6.42 Å². The van der Waals surface area contributed by atoms with Gasteiger partial charge in [-0.1, -0.05) is 6.07 Å². The standard InChI is InChI=1S/C11H17NO2/c1-7-4-8(6-11(2,3)12)5-9(13)10(7)14/h4-5,13-14H,6,12H2,1-3H3. The van der Waals surface area contributed by atoms with Crippen molar-refractivity contribution >= 4 is 0 Å². The first-order chi connectivity index (χ1) is 6.29. The monoisotopic (exact) mass is 195 g/mol. The van der Waals surface area contributed by atoms with Crippen molar-refractivity contribution in [2.24, 2.45) is 5.73 Å². The first kappa shape index (κ1) is 10.9. The van der Waals surface area contributed by atoms with Gasteiger partial charge in [-0.15, -0.1) is 0 Å². The Balaban J connectivity index is 3.02. The van der Waals surface area contributed by atoms with Crippen molar-refractivity contribution in [2.75, 3.05) is 0 Å². The Kier molecular flexibility index (Phi) is 2.71. The summed E-state index contributed by atoms with van der Waals surface area (Å²) in [5.41, 5.74) is 7.16. The highest BCUT2D eigenvalue weighted by Crippen LogP contribution is 2.30. The molecule has 0 atom stereocenters. The number of hydrogen-bond acceptors (Lipinski definition) is 3. The molecule has 0 unspecified atom stereocenters. The molecule has 14 heavy (non-hydrogen) atoms. The molecule has 3 nitrogen and oxygen atoms in total. The summed E-state index contributed by atoms with van der Waals surface area (Å²) in [6, 6.07) is 3.39. The molecule has 0 spiro atoms. The predicted molar refractivity (Wildman–Crippen MR) is 56.5 cm³/mol. The van der Waals surface area contributed by atoms with Crippen LogP contribution in [-0.4, -0.2) is 15.8 Å². The fourth-order valence-electron chi connectivity index (χ4n) is 1.46. The molecular formula is C11H17NO2. The summed E-state index contributed by atoms with van der Waals surface area (Å²) < 4.78 is 0. The fourth-order valence-corrected chi connectivity index (χ4v) is 1.46. The predicted octanol–water partition coefficient (Wildman–Crippen LogP) is 1.69. The van der Waals surface area contributed by atoms with Gasteiger partial charge in [0.15, 0.2) is 11.5 Å². The molecule has 0 saturated carbocycles. The Bertz CT molecular complexity index is 317. The normalized spacial score (nSPS) is 11.7. The maximum atomic E-state index is 9.39. The fraction of sp³-hybridized carbons (Fsp3) is 0.455. The van der Waals surface area contributed by atoms with Crippen LogP contribution >= 0.6 is 0 Å². The topological polar surface area (TPSA) is 66.5 Å². The average molecular weight is 195 g/mol. The molecule has 0 radical (unpaired) electrons. The SMILES string of the molecule is Cc1cc(CC(C)(C)N)cc(O)c1O. The first-order valence-electron chi connectivity index (χ1n) is 4.60. The van der Waals surface area contributed by atoms with Crippen molar-refractivity contribution in [3.63, 3.8) is 0 Å². The Hall–Kier alpha value is -1.22. The van der Waals surface area contributed by atoms with E-state index in [1.54, 1.807) is 13.0 Å². The minimum absolute atomic E-state index is 0.0522. The van der Waals surface area contributed by atoms with E-state index in [0.29, 0.717) is 12.0 Å². The minimum Gasteiger partial charge on any atom is -0.504 e. The van der Waals surface area contributed by atoms with E-state index in [1.807, 2.05) is 19.9 Å². The van der Waals surface area contributed by atoms with Crippen LogP contribution in [0.4, 0.5) is 0 Å². The van der Waals surface area contributed by atoms with Gasteiger partial charge in [0.05, 0.1) is 0 Å². The molecule has 0 aliphatic rings. The van der Waals surface area contributed by atoms with Crippen LogP contribution in [0.2, 0.25) is 0 Å². The van der Waals surface area contributed by atoms with Crippen LogP contribution in [0.25, 0.3) is 0 Å². The Labute approximate surface area is 84.2 Å². The van der Waals surface area contributed by atoms with Crippen LogP contribution in [0.5, 0.6) is 11.5 Å². The third-order valence-electron chi connectivity index (χ3n) is 2.00. The molecule has 0 aliphatic heterocycles. The zero-order valence-electron chi connectivity index (χ0n) is 8.83. The summed E-state index contributed by atoms with van der Waals surface area (Å²) in [5, 5.41) is 18.7. The van der Waals surface area contributed by atoms with E-state index in [1.165, 1.54) is 0 Å². The molecule has 0 fully saturated rings. The van der Waals surface area contributed by atoms with Gasteiger partial charge in [-0.3, -0.25) is 0 Å². The second kappa shape index (κ2) is 3.50. The zero-order valence-corrected chi connectivity index (χ0v) is 8.83. The molecule has 4 N–H and O–H groups in total. The van der Waals surface area contributed by atoms with E-state index < -0.39 is 0 Å². The summed E-state index contributed by atoms with van der Waals surface area (Å²) in [7, 11) is 0. The highest BCUT2D eigenvalue weighted by molar-refractivity contribution is 5.47. The molecule has 3 heteroatoms. The van der Waals surface area contributed by atoms with E-state index in [2.05, 4.69) is 0 Å². The van der Waals surface area contributed by atoms with E-state index in [4.69, 9.17) is 5.73 Å². The lowest BCUT2D eigenvalue weighted by Crippen LogP contribution is -2.34. The van der Waals surface area contributed by atoms with E-state index in [-0.39, 0.29) is 17.0 Å². The Morgan fingerprint density at radius 2 is 1.86 bits per heavy atom. The van der Waals surface area contributed by atoms with Crippen LogP contribution in [0.3, 0.4) is 0 Å². The van der Waals surface area contributed by atoms with Gasteiger partial charge in [0.2, 0.25) is 0 Å². The molecule has 0 amide bonds. The summed E-state index contributed by atoms with van der Waals surface area (Å²) in [6.45, 7) is 5.60. The lowest BCUT2D eigenvalue weighted by atomic mass is 9.95. The maximum Gasteiger partial charge on any atom is 0.160 e. The molecule has 0 aliphatic carbocycles. The van der Waals surface area contributed by atoms with Gasteiger partial charge in [0.1, 0.15) is 0 Å². The van der Waals surface area contributed by atoms with Crippen molar-refractivity contribution in [3.8, 4) is 11.5 Å². The number of nitrogens with two attached hydrogens (primary N) is 1. The van der Waals surface area contributed by atoms with Crippen molar-refractivity contribution in [1.82, 2.24) is 0 Å². The number of benzene rings is 1. The highest BCUT2D eigenvalue weighted by Gasteiger charge is 2.14. The zero-order chi connectivity index (χ0) is 10.9. The van der Waals surface area contributed by atoms with Crippen molar-refractivity contribution in [3.05, 3.63) is 23.3 Å². The van der Waals surface area contributed by atoms with Crippen LogP contribution in [0.15, 0.2) is 12.1 Å². The molecule has 0 bridgehead atoms. The summed E-state index contributed by atoms with van der Waals surface area (Å²) in [4.78, 5) is 0. The quantitative estimate of drug-likeness (QED) is 0.629. The molecule has 1 rings (SSSR count). The molecule has 78 valence electrons. The summed E-state index contributed by atoms with van der Waals surface area (Å²) >= 11 is 0. The molecule has 1 aromatic rings. The molecule has 1 aromatic carbocycles. The Morgan fingerprint density at radius 3 is 2.29 bits per heavy atom. The molecular weight excluding hydrogens is 178 g/mol. The minimum atomic E-state index is -0.310. The number of phenols is 2. The van der Waals surface area contributed by atoms with E-state index in [0.717, 1.165) is 5.56 Å². The van der Waals surface area contributed by atoms with Gasteiger partial charge in [-0.05, 0) is 44.4 Å². The summed E-state index contributed by atoms with van der Waals surface area (Å²) in [5.74, 6) is -0.132. The van der Waals surface area contributed by atoms with Crippen molar-refractivity contribution < 1.29 is 10.2 Å². The number of phenolic OH excluding ortho intramolecular Hbond substituents is 2. The van der Waals surface area contributed by atoms with Gasteiger partial charge in [-0.25, -0.2) is 0 Å². The second-order valence-electron chi connectivity index (χ2n) is 4.45. The third kappa shape index (κ3) is 2.64.